The molecule has 340 valence electrons. The van der Waals surface area contributed by atoms with Crippen LogP contribution in [0.1, 0.15) is 81.2 Å². The molecule has 1 aliphatic heterocycles. The molecule has 5 N–H and O–H groups in total. The van der Waals surface area contributed by atoms with E-state index in [2.05, 4.69) is 55.1 Å². The molecule has 0 bridgehead atoms. The second-order valence-electron chi connectivity index (χ2n) is 16.2. The van der Waals surface area contributed by atoms with Crippen LogP contribution in [0.2, 0.25) is 0 Å². The van der Waals surface area contributed by atoms with E-state index in [0.29, 0.717) is 59.3 Å². The maximum Gasteiger partial charge on any atom is 0.317 e. The number of aromatic hydroxyl groups is 1. The van der Waals surface area contributed by atoms with Crippen molar-refractivity contribution in [1.82, 2.24) is 25.5 Å². The molecule has 2 atom stereocenters. The van der Waals surface area contributed by atoms with Gasteiger partial charge < -0.3 is 35.6 Å². The molecule has 13 nitrogen and oxygen atoms in total. The number of aliphatic hydroxyl groups excluding tert-OH is 1. The number of aliphatic hydroxyl groups is 1. The smallest absolute Gasteiger partial charge is 0.317 e. The highest BCUT2D eigenvalue weighted by Crippen LogP contribution is 2.35. The number of esters is 1. The fraction of sp³-hybridized carbons (Fsp3) is 0.264. The number of methoxy groups -OCH3 is 1. The SMILES string of the molecule is C/C=C\c1c(C(O)CNCc2ccc(C(=O)NCc3nccnc3-c3cccc(C(C(=O)OCC4CCN(Cc5ccccc5)CC4)c4ccccc4)c3)cc2OC)ccc(O)c1NC=O. The van der Waals surface area contributed by atoms with Crippen molar-refractivity contribution in [3.63, 3.8) is 0 Å². The molecule has 1 saturated heterocycles. The van der Waals surface area contributed by atoms with E-state index in [-0.39, 0.29) is 36.4 Å². The zero-order valence-corrected chi connectivity index (χ0v) is 37.2. The molecule has 1 aromatic heterocycles. The Kier molecular flexibility index (Phi) is 16.4. The lowest BCUT2D eigenvalue weighted by atomic mass is 9.89. The number of piperidine rings is 1. The van der Waals surface area contributed by atoms with Gasteiger partial charge in [-0.1, -0.05) is 103 Å². The summed E-state index contributed by atoms with van der Waals surface area (Å²) in [4.78, 5) is 50.5. The van der Waals surface area contributed by atoms with Gasteiger partial charge in [-0.25, -0.2) is 0 Å². The van der Waals surface area contributed by atoms with Crippen molar-refractivity contribution >= 4 is 30.0 Å². The maximum atomic E-state index is 14.0. The van der Waals surface area contributed by atoms with Gasteiger partial charge in [-0.05, 0) is 85.3 Å². The van der Waals surface area contributed by atoms with E-state index in [4.69, 9.17) is 9.47 Å². The summed E-state index contributed by atoms with van der Waals surface area (Å²) in [6.07, 6.45) is 8.08. The minimum Gasteiger partial charge on any atom is -0.506 e. The van der Waals surface area contributed by atoms with Gasteiger partial charge in [0.05, 0.1) is 43.4 Å². The molecule has 66 heavy (non-hydrogen) atoms. The molecule has 1 fully saturated rings. The number of hydrogen-bond acceptors (Lipinski definition) is 11. The first kappa shape index (κ1) is 46.8. The average molecular weight is 889 g/mol. The van der Waals surface area contributed by atoms with Crippen molar-refractivity contribution in [3.05, 3.63) is 178 Å². The lowest BCUT2D eigenvalue weighted by Crippen LogP contribution is -2.35. The number of carbonyl (C=O) groups excluding carboxylic acids is 3. The van der Waals surface area contributed by atoms with Gasteiger partial charge in [0.25, 0.3) is 5.91 Å². The second-order valence-corrected chi connectivity index (χ2v) is 16.2. The lowest BCUT2D eigenvalue weighted by molar-refractivity contribution is -0.146. The second kappa shape index (κ2) is 23.1. The topological polar surface area (TPSA) is 175 Å². The number of aromatic nitrogens is 2. The predicted octanol–water partition coefficient (Wildman–Crippen LogP) is 7.80. The number of nitrogens with zero attached hydrogens (tertiary/aromatic N) is 3. The van der Waals surface area contributed by atoms with Crippen molar-refractivity contribution in [3.8, 4) is 22.8 Å². The Hall–Kier alpha value is -7.19. The highest BCUT2D eigenvalue weighted by atomic mass is 16.5. The fourth-order valence-corrected chi connectivity index (χ4v) is 8.37. The van der Waals surface area contributed by atoms with E-state index in [1.807, 2.05) is 60.7 Å². The normalized spacial score (nSPS) is 14.0. The molecule has 0 spiro atoms. The van der Waals surface area contributed by atoms with Crippen molar-refractivity contribution in [2.75, 3.05) is 38.7 Å². The van der Waals surface area contributed by atoms with Crippen LogP contribution < -0.4 is 20.7 Å². The lowest BCUT2D eigenvalue weighted by Gasteiger charge is -2.32. The van der Waals surface area contributed by atoms with Gasteiger partial charge in [-0.15, -0.1) is 0 Å². The van der Waals surface area contributed by atoms with Crippen LogP contribution in [0.15, 0.2) is 134 Å². The minimum absolute atomic E-state index is 0.0839. The number of amides is 2. The maximum absolute atomic E-state index is 14.0. The number of allylic oxidation sites excluding steroid dienone is 1. The minimum atomic E-state index is -0.968. The quantitative estimate of drug-likeness (QED) is 0.0288. The standard InChI is InChI=1S/C53H56N6O7/c1-3-11-44-43(20-21-46(61)51(44)58-35-60)47(62)32-54-30-42-19-18-41(29-48(42)65-2)52(63)57-31-45-50(56-25-24-55-45)40-17-10-16-39(28-40)49(38-14-8-5-9-15-38)53(64)66-34-37-22-26-59(27-23-37)33-36-12-6-4-7-13-36/h3-21,24-25,28-29,35,37,47,49,54,61-62H,22-23,26-27,30-34H2,1-2H3,(H,57,63)(H,58,60)/b11-3-. The predicted molar refractivity (Wildman–Crippen MR) is 254 cm³/mol. The number of likely N-dealkylation sites (tertiary alicyclic amines) is 1. The number of benzene rings is 5. The van der Waals surface area contributed by atoms with Crippen LogP contribution >= 0.6 is 0 Å². The molecular formula is C53H56N6O7. The van der Waals surface area contributed by atoms with Crippen LogP contribution in [0, 0.1) is 5.92 Å². The Bertz CT molecular complexity index is 2600. The Morgan fingerprint density at radius 3 is 2.36 bits per heavy atom. The first-order valence-corrected chi connectivity index (χ1v) is 22.2. The molecule has 2 unspecified atom stereocenters. The number of phenolic OH excluding ortho intramolecular Hbond substituents is 1. The summed E-state index contributed by atoms with van der Waals surface area (Å²) < 4.78 is 11.8. The van der Waals surface area contributed by atoms with E-state index in [0.717, 1.165) is 54.7 Å². The van der Waals surface area contributed by atoms with Crippen molar-refractivity contribution in [2.45, 2.75) is 51.4 Å². The Labute approximate surface area is 385 Å². The van der Waals surface area contributed by atoms with Gasteiger partial charge in [0.2, 0.25) is 6.41 Å². The van der Waals surface area contributed by atoms with Crippen molar-refractivity contribution in [1.29, 1.82) is 0 Å². The van der Waals surface area contributed by atoms with E-state index < -0.39 is 12.0 Å². The Morgan fingerprint density at radius 1 is 0.879 bits per heavy atom. The van der Waals surface area contributed by atoms with Crippen LogP contribution in [0.5, 0.6) is 11.5 Å². The number of rotatable bonds is 20. The van der Waals surface area contributed by atoms with Gasteiger partial charge in [0.1, 0.15) is 17.4 Å². The van der Waals surface area contributed by atoms with Gasteiger partial charge in [0.15, 0.2) is 0 Å². The van der Waals surface area contributed by atoms with Crippen LogP contribution in [0.25, 0.3) is 17.3 Å². The van der Waals surface area contributed by atoms with Crippen molar-refractivity contribution in [2.24, 2.45) is 5.92 Å². The molecule has 0 saturated carbocycles. The van der Waals surface area contributed by atoms with E-state index in [9.17, 15) is 24.6 Å². The van der Waals surface area contributed by atoms with Crippen LogP contribution in [0.3, 0.4) is 0 Å². The molecule has 7 rings (SSSR count). The van der Waals surface area contributed by atoms with E-state index >= 15 is 0 Å². The zero-order chi connectivity index (χ0) is 46.3. The summed E-state index contributed by atoms with van der Waals surface area (Å²) in [6, 6.07) is 36.0. The third-order valence-corrected chi connectivity index (χ3v) is 11.8. The molecule has 1 aliphatic rings. The van der Waals surface area contributed by atoms with Gasteiger partial charge in [-0.2, -0.15) is 0 Å². The Balaban J connectivity index is 0.980. The number of ether oxygens (including phenoxy) is 2. The highest BCUT2D eigenvalue weighted by molar-refractivity contribution is 5.94. The molecule has 0 aliphatic carbocycles. The number of nitrogens with one attached hydrogen (secondary N) is 3. The first-order valence-electron chi connectivity index (χ1n) is 22.2. The van der Waals surface area contributed by atoms with E-state index in [1.165, 1.54) is 18.7 Å². The van der Waals surface area contributed by atoms with Crippen LogP contribution in [0.4, 0.5) is 5.69 Å². The highest BCUT2D eigenvalue weighted by Gasteiger charge is 2.28. The van der Waals surface area contributed by atoms with Gasteiger partial charge in [-0.3, -0.25) is 29.3 Å². The summed E-state index contributed by atoms with van der Waals surface area (Å²) in [6.45, 7) is 5.56. The average Bonchev–Trinajstić information content (AvgIpc) is 3.35. The zero-order valence-electron chi connectivity index (χ0n) is 37.2. The van der Waals surface area contributed by atoms with Crippen LogP contribution in [-0.4, -0.2) is 76.7 Å². The summed E-state index contributed by atoms with van der Waals surface area (Å²) in [5.41, 5.74) is 7.13. The van der Waals surface area contributed by atoms with Gasteiger partial charge >= 0.3 is 5.97 Å². The fourth-order valence-electron chi connectivity index (χ4n) is 8.37. The monoisotopic (exact) mass is 888 g/mol. The molecule has 2 amide bonds. The van der Waals surface area contributed by atoms with Crippen molar-refractivity contribution < 1.29 is 34.1 Å². The van der Waals surface area contributed by atoms with Gasteiger partial charge in [0, 0.05) is 54.3 Å². The summed E-state index contributed by atoms with van der Waals surface area (Å²) in [5, 5.41) is 30.1. The third-order valence-electron chi connectivity index (χ3n) is 11.8. The molecule has 0 radical (unpaired) electrons. The molecule has 5 aromatic carbocycles. The molecule has 2 heterocycles. The molecule has 13 heteroatoms. The van der Waals surface area contributed by atoms with E-state index in [1.54, 1.807) is 55.7 Å². The number of anilines is 1. The number of hydrogen-bond donors (Lipinski definition) is 5. The van der Waals surface area contributed by atoms with Crippen LogP contribution in [-0.2, 0) is 34.0 Å². The molecular weight excluding hydrogens is 833 g/mol. The molecule has 6 aromatic rings. The summed E-state index contributed by atoms with van der Waals surface area (Å²) >= 11 is 0. The number of carbonyl (C=O) groups is 3. The summed E-state index contributed by atoms with van der Waals surface area (Å²) in [5.74, 6) is -0.637. The third kappa shape index (κ3) is 11.9. The Morgan fingerprint density at radius 2 is 1.62 bits per heavy atom. The number of phenols is 1. The largest absolute Gasteiger partial charge is 0.506 e. The first-order chi connectivity index (χ1) is 32.3. The summed E-state index contributed by atoms with van der Waals surface area (Å²) in [7, 11) is 1.52.